The Balaban J connectivity index is 1.95. The molecule has 1 N–H and O–H groups in total. The van der Waals surface area contributed by atoms with Crippen LogP contribution in [0.5, 0.6) is 0 Å². The third kappa shape index (κ3) is 1.60. The number of rotatable bonds is 2. The number of benzene rings is 1. The summed E-state index contributed by atoms with van der Waals surface area (Å²) in [6.07, 6.45) is 2.21. The summed E-state index contributed by atoms with van der Waals surface area (Å²) in [7, 11) is 0. The number of halogens is 2. The Labute approximate surface area is 122 Å². The molecule has 112 valence electrons. The largest absolute Gasteiger partial charge is 0.435 e. The van der Waals surface area contributed by atoms with E-state index in [1.165, 1.54) is 18.5 Å². The first-order chi connectivity index (χ1) is 10.6. The van der Waals surface area contributed by atoms with Gasteiger partial charge in [0, 0.05) is 24.7 Å². The van der Waals surface area contributed by atoms with Crippen LogP contribution in [0, 0.1) is 5.82 Å². The second-order valence-corrected chi connectivity index (χ2v) is 5.03. The van der Waals surface area contributed by atoms with Crippen molar-refractivity contribution in [2.24, 2.45) is 0 Å². The summed E-state index contributed by atoms with van der Waals surface area (Å²) < 4.78 is 34.4. The standard InChI is InChI=1S/C14H10F2N4O2/c15-8-1-2-11-10(5-8)19-13(22-11)14(16)12-9(17-6-18-12)3-4-20(14)7-21/h1-2,5-7H,3-4H2,(H,17,18). The van der Waals surface area contributed by atoms with Gasteiger partial charge in [-0.25, -0.2) is 18.7 Å². The topological polar surface area (TPSA) is 75.0 Å². The highest BCUT2D eigenvalue weighted by atomic mass is 19.1. The van der Waals surface area contributed by atoms with E-state index < -0.39 is 11.6 Å². The van der Waals surface area contributed by atoms with Gasteiger partial charge in [0.1, 0.15) is 17.0 Å². The van der Waals surface area contributed by atoms with Crippen LogP contribution in [0.2, 0.25) is 0 Å². The summed E-state index contributed by atoms with van der Waals surface area (Å²) in [5, 5.41) is 0. The third-order valence-corrected chi connectivity index (χ3v) is 3.79. The Bertz CT molecular complexity index is 875. The first-order valence-electron chi connectivity index (χ1n) is 6.63. The fourth-order valence-corrected chi connectivity index (χ4v) is 2.71. The monoisotopic (exact) mass is 304 g/mol. The van der Waals surface area contributed by atoms with Gasteiger partial charge >= 0.3 is 5.79 Å². The SMILES string of the molecule is O=CN1CCc2[nH]cnc2C1(F)c1nc2cc(F)ccc2o1. The summed E-state index contributed by atoms with van der Waals surface area (Å²) in [5.41, 5.74) is 1.04. The number of aromatic amines is 1. The number of carbonyl (C=O) groups excluding carboxylic acids is 1. The predicted octanol–water partition coefficient (Wildman–Crippen LogP) is 1.88. The number of nitrogens with one attached hydrogen (secondary N) is 1. The first-order valence-corrected chi connectivity index (χ1v) is 6.63. The van der Waals surface area contributed by atoms with Gasteiger partial charge in [0.05, 0.1) is 6.33 Å². The minimum Gasteiger partial charge on any atom is -0.435 e. The van der Waals surface area contributed by atoms with Crippen molar-refractivity contribution in [3.63, 3.8) is 0 Å². The smallest absolute Gasteiger partial charge is 0.305 e. The van der Waals surface area contributed by atoms with Crippen molar-refractivity contribution in [3.05, 3.63) is 47.6 Å². The maximum absolute atomic E-state index is 15.7. The van der Waals surface area contributed by atoms with Gasteiger partial charge in [0.15, 0.2) is 5.58 Å². The second-order valence-electron chi connectivity index (χ2n) is 5.03. The Kier molecular flexibility index (Phi) is 2.56. The minimum absolute atomic E-state index is 0.0397. The predicted molar refractivity (Wildman–Crippen MR) is 70.9 cm³/mol. The molecule has 3 aromatic rings. The molecular formula is C14H10F2N4O2. The molecule has 0 bridgehead atoms. The lowest BCUT2D eigenvalue weighted by Gasteiger charge is -2.35. The van der Waals surface area contributed by atoms with Crippen molar-refractivity contribution >= 4 is 17.5 Å². The zero-order chi connectivity index (χ0) is 15.3. The molecule has 0 fully saturated rings. The second kappa shape index (κ2) is 4.36. The number of imidazole rings is 1. The van der Waals surface area contributed by atoms with Gasteiger partial charge in [-0.05, 0) is 12.1 Å². The van der Waals surface area contributed by atoms with Crippen LogP contribution in [-0.2, 0) is 17.0 Å². The lowest BCUT2D eigenvalue weighted by molar-refractivity contribution is -0.133. The number of H-pyrrole nitrogens is 1. The molecule has 2 aromatic heterocycles. The van der Waals surface area contributed by atoms with Crippen LogP contribution in [0.4, 0.5) is 8.78 Å². The van der Waals surface area contributed by atoms with Crippen LogP contribution in [0.25, 0.3) is 11.1 Å². The summed E-state index contributed by atoms with van der Waals surface area (Å²) >= 11 is 0. The fraction of sp³-hybridized carbons (Fsp3) is 0.214. The van der Waals surface area contributed by atoms with Gasteiger partial charge in [0.2, 0.25) is 6.41 Å². The summed E-state index contributed by atoms with van der Waals surface area (Å²) in [4.78, 5) is 23.0. The zero-order valence-electron chi connectivity index (χ0n) is 11.2. The molecule has 0 spiro atoms. The van der Waals surface area contributed by atoms with Crippen molar-refractivity contribution in [3.8, 4) is 0 Å². The molecule has 1 unspecified atom stereocenters. The molecule has 0 saturated heterocycles. The molecule has 8 heteroatoms. The summed E-state index contributed by atoms with van der Waals surface area (Å²) in [6, 6.07) is 3.70. The molecule has 0 aliphatic carbocycles. The first kappa shape index (κ1) is 12.9. The minimum atomic E-state index is -2.41. The van der Waals surface area contributed by atoms with Crippen LogP contribution >= 0.6 is 0 Å². The van der Waals surface area contributed by atoms with Gasteiger partial charge in [-0.3, -0.25) is 9.69 Å². The number of hydrogen-bond acceptors (Lipinski definition) is 4. The fourth-order valence-electron chi connectivity index (χ4n) is 2.71. The van der Waals surface area contributed by atoms with Gasteiger partial charge < -0.3 is 9.40 Å². The highest BCUT2D eigenvalue weighted by Gasteiger charge is 2.51. The molecule has 1 aliphatic heterocycles. The summed E-state index contributed by atoms with van der Waals surface area (Å²) in [5.74, 6) is -3.25. The van der Waals surface area contributed by atoms with E-state index in [4.69, 9.17) is 4.42 Å². The number of amides is 1. The molecule has 3 heterocycles. The number of hydrogen-bond donors (Lipinski definition) is 1. The number of fused-ring (bicyclic) bond motifs is 2. The van der Waals surface area contributed by atoms with E-state index in [1.54, 1.807) is 0 Å². The molecule has 22 heavy (non-hydrogen) atoms. The lowest BCUT2D eigenvalue weighted by atomic mass is 10.0. The normalized spacial score (nSPS) is 21.1. The van der Waals surface area contributed by atoms with E-state index in [2.05, 4.69) is 15.0 Å². The number of oxazole rings is 1. The third-order valence-electron chi connectivity index (χ3n) is 3.79. The molecule has 0 saturated carbocycles. The van der Waals surface area contributed by atoms with Crippen molar-refractivity contribution in [2.45, 2.75) is 12.2 Å². The molecule has 4 rings (SSSR count). The van der Waals surface area contributed by atoms with Crippen LogP contribution in [-0.4, -0.2) is 32.8 Å². The molecule has 6 nitrogen and oxygen atoms in total. The Morgan fingerprint density at radius 2 is 2.32 bits per heavy atom. The highest BCUT2D eigenvalue weighted by molar-refractivity contribution is 5.72. The molecule has 1 aromatic carbocycles. The highest BCUT2D eigenvalue weighted by Crippen LogP contribution is 2.40. The maximum atomic E-state index is 15.7. The van der Waals surface area contributed by atoms with E-state index >= 15 is 4.39 Å². The van der Waals surface area contributed by atoms with E-state index in [1.807, 2.05) is 0 Å². The molecule has 0 radical (unpaired) electrons. The average Bonchev–Trinajstić information content (AvgIpc) is 3.13. The van der Waals surface area contributed by atoms with E-state index in [-0.39, 0.29) is 29.2 Å². The van der Waals surface area contributed by atoms with E-state index in [0.717, 1.165) is 11.0 Å². The maximum Gasteiger partial charge on any atom is 0.305 e. The molecule has 1 atom stereocenters. The Morgan fingerprint density at radius 1 is 1.45 bits per heavy atom. The molecule has 1 amide bonds. The van der Waals surface area contributed by atoms with Crippen molar-refractivity contribution in [1.29, 1.82) is 0 Å². The van der Waals surface area contributed by atoms with Gasteiger partial charge in [-0.1, -0.05) is 0 Å². The van der Waals surface area contributed by atoms with Crippen molar-refractivity contribution in [2.75, 3.05) is 6.54 Å². The summed E-state index contributed by atoms with van der Waals surface area (Å²) in [6.45, 7) is 0.155. The van der Waals surface area contributed by atoms with Crippen molar-refractivity contribution in [1.82, 2.24) is 19.9 Å². The average molecular weight is 304 g/mol. The van der Waals surface area contributed by atoms with Crippen molar-refractivity contribution < 1.29 is 18.0 Å². The Morgan fingerprint density at radius 3 is 3.14 bits per heavy atom. The zero-order valence-corrected chi connectivity index (χ0v) is 11.2. The molecule has 1 aliphatic rings. The van der Waals surface area contributed by atoms with Crippen LogP contribution < -0.4 is 0 Å². The number of aromatic nitrogens is 3. The van der Waals surface area contributed by atoms with Crippen LogP contribution in [0.15, 0.2) is 28.9 Å². The number of nitrogens with zero attached hydrogens (tertiary/aromatic N) is 3. The van der Waals surface area contributed by atoms with E-state index in [9.17, 15) is 9.18 Å². The van der Waals surface area contributed by atoms with E-state index in [0.29, 0.717) is 18.5 Å². The van der Waals surface area contributed by atoms with Gasteiger partial charge in [-0.2, -0.15) is 0 Å². The van der Waals surface area contributed by atoms with Crippen LogP contribution in [0.3, 0.4) is 0 Å². The lowest BCUT2D eigenvalue weighted by Crippen LogP contribution is -2.48. The quantitative estimate of drug-likeness (QED) is 0.579. The number of alkyl halides is 1. The molecular weight excluding hydrogens is 294 g/mol. The van der Waals surface area contributed by atoms with Gasteiger partial charge in [0.25, 0.3) is 5.89 Å². The van der Waals surface area contributed by atoms with Gasteiger partial charge in [-0.15, -0.1) is 0 Å². The van der Waals surface area contributed by atoms with Crippen LogP contribution in [0.1, 0.15) is 17.3 Å². The Hall–Kier alpha value is -2.77. The number of carbonyl (C=O) groups is 1.